The first kappa shape index (κ1) is 15.7. The van der Waals surface area contributed by atoms with E-state index in [2.05, 4.69) is 36.1 Å². The molecule has 5 heteroatoms. The third-order valence-electron chi connectivity index (χ3n) is 4.32. The molecule has 0 bridgehead atoms. The van der Waals surface area contributed by atoms with Gasteiger partial charge in [-0.1, -0.05) is 45.0 Å². The van der Waals surface area contributed by atoms with Crippen molar-refractivity contribution >= 4 is 11.6 Å². The fraction of sp³-hybridized carbons (Fsp3) is 0.500. The molecular weight excluding hydrogens is 290 g/mol. The second-order valence-corrected chi connectivity index (χ2v) is 6.80. The van der Waals surface area contributed by atoms with Crippen LogP contribution in [-0.4, -0.2) is 22.6 Å². The van der Waals surface area contributed by atoms with E-state index in [1.165, 1.54) is 5.56 Å². The van der Waals surface area contributed by atoms with Gasteiger partial charge in [0, 0.05) is 24.6 Å². The minimum Gasteiger partial charge on any atom is -0.339 e. The zero-order chi connectivity index (χ0) is 16.6. The van der Waals surface area contributed by atoms with Crippen molar-refractivity contribution in [2.75, 3.05) is 11.4 Å². The Balaban J connectivity index is 1.76. The van der Waals surface area contributed by atoms with E-state index >= 15 is 0 Å². The summed E-state index contributed by atoms with van der Waals surface area (Å²) < 4.78 is 5.35. The summed E-state index contributed by atoms with van der Waals surface area (Å²) in [6, 6.07) is 8.21. The van der Waals surface area contributed by atoms with Crippen LogP contribution in [0.25, 0.3) is 0 Å². The third kappa shape index (κ3) is 3.14. The highest BCUT2D eigenvalue weighted by Gasteiger charge is 2.35. The first-order valence-corrected chi connectivity index (χ1v) is 8.19. The van der Waals surface area contributed by atoms with Crippen molar-refractivity contribution in [3.63, 3.8) is 0 Å². The quantitative estimate of drug-likeness (QED) is 0.860. The Labute approximate surface area is 136 Å². The number of aromatic nitrogens is 2. The molecule has 5 nitrogen and oxygen atoms in total. The van der Waals surface area contributed by atoms with Crippen molar-refractivity contribution in [1.29, 1.82) is 0 Å². The van der Waals surface area contributed by atoms with Crippen LogP contribution in [0.3, 0.4) is 0 Å². The number of carbonyl (C=O) groups excluding carboxylic acids is 1. The van der Waals surface area contributed by atoms with E-state index in [1.54, 1.807) is 0 Å². The normalized spacial score (nSPS) is 18.4. The van der Waals surface area contributed by atoms with Crippen LogP contribution in [0.15, 0.2) is 28.8 Å². The second kappa shape index (κ2) is 6.14. The Morgan fingerprint density at radius 2 is 1.83 bits per heavy atom. The fourth-order valence-electron chi connectivity index (χ4n) is 2.81. The van der Waals surface area contributed by atoms with Crippen LogP contribution in [0.2, 0.25) is 0 Å². The molecular formula is C18H23N3O2. The highest BCUT2D eigenvalue weighted by Crippen LogP contribution is 2.32. The van der Waals surface area contributed by atoms with Gasteiger partial charge in [-0.25, -0.2) is 0 Å². The number of nitrogens with zero attached hydrogens (tertiary/aromatic N) is 3. The van der Waals surface area contributed by atoms with E-state index in [9.17, 15) is 4.79 Å². The smallest absolute Gasteiger partial charge is 0.232 e. The van der Waals surface area contributed by atoms with Gasteiger partial charge in [-0.05, 0) is 23.6 Å². The molecule has 1 unspecified atom stereocenters. The van der Waals surface area contributed by atoms with Crippen LogP contribution in [0.5, 0.6) is 0 Å². The maximum Gasteiger partial charge on any atom is 0.232 e. The van der Waals surface area contributed by atoms with E-state index < -0.39 is 0 Å². The molecule has 1 aromatic heterocycles. The Morgan fingerprint density at radius 1 is 1.13 bits per heavy atom. The molecule has 1 amide bonds. The molecule has 0 saturated carbocycles. The number of anilines is 1. The molecule has 1 aliphatic heterocycles. The first-order valence-electron chi connectivity index (χ1n) is 8.19. The highest BCUT2D eigenvalue weighted by molar-refractivity contribution is 5.96. The summed E-state index contributed by atoms with van der Waals surface area (Å²) in [7, 11) is 0. The van der Waals surface area contributed by atoms with E-state index in [4.69, 9.17) is 4.52 Å². The summed E-state index contributed by atoms with van der Waals surface area (Å²) in [6.07, 6.45) is 0.422. The maximum absolute atomic E-state index is 12.4. The summed E-state index contributed by atoms with van der Waals surface area (Å²) in [6.45, 7) is 8.97. The lowest BCUT2D eigenvalue weighted by molar-refractivity contribution is -0.117. The van der Waals surface area contributed by atoms with Gasteiger partial charge in [0.2, 0.25) is 11.8 Å². The Hall–Kier alpha value is -2.17. The molecule has 122 valence electrons. The van der Waals surface area contributed by atoms with Gasteiger partial charge >= 0.3 is 0 Å². The minimum absolute atomic E-state index is 0.0210. The molecule has 1 aliphatic rings. The lowest BCUT2D eigenvalue weighted by Crippen LogP contribution is -2.24. The van der Waals surface area contributed by atoms with Gasteiger partial charge in [0.1, 0.15) is 0 Å². The Kier molecular flexibility index (Phi) is 4.20. The molecule has 0 aliphatic carbocycles. The molecule has 2 aromatic rings. The van der Waals surface area contributed by atoms with Gasteiger partial charge in [-0.15, -0.1) is 0 Å². The topological polar surface area (TPSA) is 59.2 Å². The molecule has 0 N–H and O–H groups in total. The third-order valence-corrected chi connectivity index (χ3v) is 4.32. The molecule has 2 heterocycles. The lowest BCUT2D eigenvalue weighted by Gasteiger charge is -2.17. The van der Waals surface area contributed by atoms with E-state index in [0.29, 0.717) is 30.6 Å². The Bertz CT molecular complexity index is 689. The number of rotatable bonds is 4. The number of amides is 1. The molecule has 23 heavy (non-hydrogen) atoms. The zero-order valence-corrected chi connectivity index (χ0v) is 14.1. The van der Waals surface area contributed by atoms with Crippen molar-refractivity contribution in [1.82, 2.24) is 10.1 Å². The second-order valence-electron chi connectivity index (χ2n) is 6.80. The lowest BCUT2D eigenvalue weighted by atomic mass is 10.0. The van der Waals surface area contributed by atoms with Crippen LogP contribution in [-0.2, 0) is 4.79 Å². The van der Waals surface area contributed by atoms with Crippen molar-refractivity contribution in [3.8, 4) is 0 Å². The standard InChI is InChI=1S/C18H23N3O2/c1-11(2)13-5-7-15(8-6-13)21-10-14(9-16(21)22)18-19-17(12(3)4)20-23-18/h5-8,11-12,14H,9-10H2,1-4H3. The number of carbonyl (C=O) groups is 1. The predicted octanol–water partition coefficient (Wildman–Crippen LogP) is 3.84. The van der Waals surface area contributed by atoms with Crippen LogP contribution in [0, 0.1) is 0 Å². The molecule has 1 saturated heterocycles. The van der Waals surface area contributed by atoms with Crippen molar-refractivity contribution in [2.24, 2.45) is 0 Å². The van der Waals surface area contributed by atoms with E-state index in [-0.39, 0.29) is 17.7 Å². The van der Waals surface area contributed by atoms with E-state index in [1.807, 2.05) is 30.9 Å². The summed E-state index contributed by atoms with van der Waals surface area (Å²) in [4.78, 5) is 18.6. The number of benzene rings is 1. The molecule has 0 spiro atoms. The summed E-state index contributed by atoms with van der Waals surface area (Å²) in [5.41, 5.74) is 2.21. The van der Waals surface area contributed by atoms with Gasteiger partial charge in [0.15, 0.2) is 5.82 Å². The van der Waals surface area contributed by atoms with Crippen LogP contribution >= 0.6 is 0 Å². The summed E-state index contributed by atoms with van der Waals surface area (Å²) in [5.74, 6) is 2.07. The fourth-order valence-corrected chi connectivity index (χ4v) is 2.81. The number of hydrogen-bond acceptors (Lipinski definition) is 4. The van der Waals surface area contributed by atoms with Crippen LogP contribution in [0.1, 0.15) is 69.1 Å². The van der Waals surface area contributed by atoms with E-state index in [0.717, 1.165) is 5.69 Å². The molecule has 0 radical (unpaired) electrons. The maximum atomic E-state index is 12.4. The predicted molar refractivity (Wildman–Crippen MR) is 88.6 cm³/mol. The molecule has 1 fully saturated rings. The van der Waals surface area contributed by atoms with Gasteiger partial charge in [0.25, 0.3) is 0 Å². The number of hydrogen-bond donors (Lipinski definition) is 0. The zero-order valence-electron chi connectivity index (χ0n) is 14.1. The average Bonchev–Trinajstić information content (AvgIpc) is 3.14. The van der Waals surface area contributed by atoms with Crippen LogP contribution in [0.4, 0.5) is 5.69 Å². The van der Waals surface area contributed by atoms with Gasteiger partial charge in [-0.3, -0.25) is 4.79 Å². The molecule has 1 atom stereocenters. The largest absolute Gasteiger partial charge is 0.339 e. The minimum atomic E-state index is -0.0210. The molecule has 1 aromatic carbocycles. The SMILES string of the molecule is CC(C)c1ccc(N2CC(c3nc(C(C)C)no3)CC2=O)cc1. The van der Waals surface area contributed by atoms with Gasteiger partial charge in [-0.2, -0.15) is 4.98 Å². The van der Waals surface area contributed by atoms with Crippen molar-refractivity contribution in [3.05, 3.63) is 41.5 Å². The van der Waals surface area contributed by atoms with Gasteiger partial charge in [0.05, 0.1) is 5.92 Å². The highest BCUT2D eigenvalue weighted by atomic mass is 16.5. The van der Waals surface area contributed by atoms with Crippen molar-refractivity contribution < 1.29 is 9.32 Å². The van der Waals surface area contributed by atoms with Crippen molar-refractivity contribution in [2.45, 2.75) is 51.9 Å². The summed E-state index contributed by atoms with van der Waals surface area (Å²) in [5, 5.41) is 4.00. The first-order chi connectivity index (χ1) is 11.0. The van der Waals surface area contributed by atoms with Crippen LogP contribution < -0.4 is 4.90 Å². The average molecular weight is 313 g/mol. The Morgan fingerprint density at radius 3 is 2.39 bits per heavy atom. The summed E-state index contributed by atoms with van der Waals surface area (Å²) >= 11 is 0. The molecule has 3 rings (SSSR count). The van der Waals surface area contributed by atoms with Gasteiger partial charge < -0.3 is 9.42 Å². The monoisotopic (exact) mass is 313 g/mol.